The molecule has 3 atom stereocenters. The van der Waals surface area contributed by atoms with Gasteiger partial charge in [-0.25, -0.2) is 0 Å². The van der Waals surface area contributed by atoms with Crippen LogP contribution < -0.4 is 0 Å². The molecule has 1 aliphatic carbocycles. The van der Waals surface area contributed by atoms with Crippen LogP contribution in [0.5, 0.6) is 0 Å². The van der Waals surface area contributed by atoms with Gasteiger partial charge in [0, 0.05) is 12.5 Å². The van der Waals surface area contributed by atoms with E-state index in [2.05, 4.69) is 25.9 Å². The molecule has 0 spiro atoms. The van der Waals surface area contributed by atoms with Crippen molar-refractivity contribution in [3.63, 3.8) is 0 Å². The first-order valence-electron chi connectivity index (χ1n) is 16.4. The lowest BCUT2D eigenvalue weighted by Gasteiger charge is -2.25. The predicted molar refractivity (Wildman–Crippen MR) is 158 cm³/mol. The van der Waals surface area contributed by atoms with Crippen LogP contribution in [0.4, 0.5) is 0 Å². The van der Waals surface area contributed by atoms with Crippen LogP contribution in [0, 0.1) is 11.8 Å². The summed E-state index contributed by atoms with van der Waals surface area (Å²) < 4.78 is 5.00. The summed E-state index contributed by atoms with van der Waals surface area (Å²) in [6.07, 6.45) is 32.8. The number of carbonyl (C=O) groups excluding carboxylic acids is 1. The highest BCUT2D eigenvalue weighted by molar-refractivity contribution is 5.69. The van der Waals surface area contributed by atoms with Gasteiger partial charge in [-0.2, -0.15) is 0 Å². The molecule has 1 saturated carbocycles. The molecular weight excluding hydrogens is 442 g/mol. The van der Waals surface area contributed by atoms with Gasteiger partial charge >= 0.3 is 5.97 Å². The number of hydrogen-bond donors (Lipinski definition) is 0. The maximum atomic E-state index is 11.4. The Hall–Kier alpha value is -0.570. The van der Waals surface area contributed by atoms with Gasteiger partial charge in [0.25, 0.3) is 0 Å². The van der Waals surface area contributed by atoms with Crippen molar-refractivity contribution in [3.8, 4) is 0 Å². The molecule has 0 heterocycles. The fourth-order valence-corrected chi connectivity index (χ4v) is 6.09. The number of unbranched alkanes of at least 4 members (excludes halogenated alkanes) is 18. The van der Waals surface area contributed by atoms with Crippen LogP contribution in [-0.2, 0) is 9.53 Å². The molecule has 0 aromatic heterocycles. The zero-order valence-electron chi connectivity index (χ0n) is 25.2. The Morgan fingerprint density at radius 1 is 0.694 bits per heavy atom. The van der Waals surface area contributed by atoms with Crippen LogP contribution >= 0.6 is 0 Å². The van der Waals surface area contributed by atoms with E-state index >= 15 is 0 Å². The number of rotatable bonds is 27. The molecule has 3 heteroatoms. The van der Waals surface area contributed by atoms with Gasteiger partial charge in [-0.1, -0.05) is 135 Å². The SMILES string of the molecule is CCCCCCCCCCCCCCCCCC(C1CC1CCCCCCCC(=O)OCC)N(C)C. The minimum Gasteiger partial charge on any atom is -0.466 e. The number of hydrogen-bond acceptors (Lipinski definition) is 3. The molecule has 1 aliphatic rings. The fraction of sp³-hybridized carbons (Fsp3) is 0.970. The van der Waals surface area contributed by atoms with Crippen molar-refractivity contribution in [1.82, 2.24) is 4.90 Å². The lowest BCUT2D eigenvalue weighted by Crippen LogP contribution is -2.30. The molecule has 36 heavy (non-hydrogen) atoms. The quantitative estimate of drug-likeness (QED) is 0.0818. The highest BCUT2D eigenvalue weighted by Crippen LogP contribution is 2.47. The standard InChI is InChI=1S/C33H65NO2/c1-5-7-8-9-10-11-12-13-14-15-16-17-18-21-24-27-32(34(3)4)31-29-30(31)26-23-20-19-22-25-28-33(35)36-6-2/h30-32H,5-29H2,1-4H3. The summed E-state index contributed by atoms with van der Waals surface area (Å²) in [5, 5.41) is 0. The first kappa shape index (κ1) is 33.5. The lowest BCUT2D eigenvalue weighted by molar-refractivity contribution is -0.143. The minimum absolute atomic E-state index is 0.0258. The summed E-state index contributed by atoms with van der Waals surface area (Å²) in [6, 6.07) is 0.807. The van der Waals surface area contributed by atoms with E-state index in [0.29, 0.717) is 13.0 Å². The number of carbonyl (C=O) groups is 1. The van der Waals surface area contributed by atoms with Gasteiger partial charge in [0.05, 0.1) is 6.61 Å². The smallest absolute Gasteiger partial charge is 0.305 e. The third-order valence-corrected chi connectivity index (χ3v) is 8.50. The molecule has 0 aliphatic heterocycles. The molecule has 0 amide bonds. The van der Waals surface area contributed by atoms with Crippen molar-refractivity contribution >= 4 is 5.97 Å². The molecule has 0 aromatic carbocycles. The fourth-order valence-electron chi connectivity index (χ4n) is 6.09. The highest BCUT2D eigenvalue weighted by atomic mass is 16.5. The second-order valence-electron chi connectivity index (χ2n) is 12.0. The number of nitrogens with zero attached hydrogens (tertiary/aromatic N) is 1. The molecule has 0 aromatic rings. The number of esters is 1. The monoisotopic (exact) mass is 508 g/mol. The van der Waals surface area contributed by atoms with Crippen molar-refractivity contribution < 1.29 is 9.53 Å². The van der Waals surface area contributed by atoms with E-state index < -0.39 is 0 Å². The van der Waals surface area contributed by atoms with Gasteiger partial charge in [0.2, 0.25) is 0 Å². The summed E-state index contributed by atoms with van der Waals surface area (Å²) in [5.74, 6) is 1.91. The summed E-state index contributed by atoms with van der Waals surface area (Å²) in [7, 11) is 4.60. The van der Waals surface area contributed by atoms with Gasteiger partial charge in [-0.15, -0.1) is 0 Å². The van der Waals surface area contributed by atoms with E-state index in [1.54, 1.807) is 0 Å². The van der Waals surface area contributed by atoms with Gasteiger partial charge in [0.15, 0.2) is 0 Å². The molecule has 0 saturated heterocycles. The van der Waals surface area contributed by atoms with E-state index in [1.165, 1.54) is 141 Å². The Morgan fingerprint density at radius 3 is 1.67 bits per heavy atom. The maximum Gasteiger partial charge on any atom is 0.305 e. The average molecular weight is 508 g/mol. The van der Waals surface area contributed by atoms with Crippen LogP contribution in [0.2, 0.25) is 0 Å². The van der Waals surface area contributed by atoms with Crippen molar-refractivity contribution in [2.45, 2.75) is 174 Å². The van der Waals surface area contributed by atoms with Crippen molar-refractivity contribution in [2.24, 2.45) is 11.8 Å². The van der Waals surface area contributed by atoms with Gasteiger partial charge in [-0.3, -0.25) is 4.79 Å². The lowest BCUT2D eigenvalue weighted by atomic mass is 9.98. The Balaban J connectivity index is 1.91. The third kappa shape index (κ3) is 18.6. The molecule has 1 rings (SSSR count). The van der Waals surface area contributed by atoms with Gasteiger partial charge in [-0.05, 0) is 52.1 Å². The molecule has 0 N–H and O–H groups in total. The second kappa shape index (κ2) is 23.5. The summed E-state index contributed by atoms with van der Waals surface area (Å²) in [6.45, 7) is 4.69. The normalized spacial score (nSPS) is 18.0. The van der Waals surface area contributed by atoms with Crippen LogP contribution in [0.15, 0.2) is 0 Å². The second-order valence-corrected chi connectivity index (χ2v) is 12.0. The van der Waals surface area contributed by atoms with Crippen LogP contribution in [0.1, 0.15) is 168 Å². The third-order valence-electron chi connectivity index (χ3n) is 8.50. The van der Waals surface area contributed by atoms with E-state index in [4.69, 9.17) is 4.74 Å². The van der Waals surface area contributed by atoms with Crippen LogP contribution in [0.3, 0.4) is 0 Å². The Morgan fingerprint density at radius 2 is 1.17 bits per heavy atom. The van der Waals surface area contributed by atoms with E-state index in [0.717, 1.165) is 24.3 Å². The number of ether oxygens (including phenoxy) is 1. The van der Waals surface area contributed by atoms with Crippen LogP contribution in [-0.4, -0.2) is 37.6 Å². The van der Waals surface area contributed by atoms with Gasteiger partial charge in [0.1, 0.15) is 0 Å². The maximum absolute atomic E-state index is 11.4. The summed E-state index contributed by atoms with van der Waals surface area (Å²) in [4.78, 5) is 13.9. The average Bonchev–Trinajstić information content (AvgIpc) is 3.62. The van der Waals surface area contributed by atoms with Gasteiger partial charge < -0.3 is 9.64 Å². The zero-order valence-corrected chi connectivity index (χ0v) is 25.2. The van der Waals surface area contributed by atoms with Crippen molar-refractivity contribution in [2.75, 3.05) is 20.7 Å². The minimum atomic E-state index is -0.0258. The first-order chi connectivity index (χ1) is 17.6. The van der Waals surface area contributed by atoms with Crippen LogP contribution in [0.25, 0.3) is 0 Å². The summed E-state index contributed by atoms with van der Waals surface area (Å²) >= 11 is 0. The topological polar surface area (TPSA) is 29.5 Å². The largest absolute Gasteiger partial charge is 0.466 e. The highest BCUT2D eigenvalue weighted by Gasteiger charge is 2.42. The Kier molecular flexibility index (Phi) is 21.9. The molecule has 3 nitrogen and oxygen atoms in total. The summed E-state index contributed by atoms with van der Waals surface area (Å²) in [5.41, 5.74) is 0. The molecule has 1 fully saturated rings. The Bertz CT molecular complexity index is 492. The van der Waals surface area contributed by atoms with E-state index in [-0.39, 0.29) is 5.97 Å². The predicted octanol–water partition coefficient (Wildman–Crippen LogP) is 10.1. The van der Waals surface area contributed by atoms with E-state index in [1.807, 2.05) is 6.92 Å². The van der Waals surface area contributed by atoms with E-state index in [9.17, 15) is 4.79 Å². The van der Waals surface area contributed by atoms with Crippen molar-refractivity contribution in [1.29, 1.82) is 0 Å². The Labute approximate surface area is 226 Å². The molecule has 3 unspecified atom stereocenters. The molecule has 214 valence electrons. The zero-order chi connectivity index (χ0) is 26.3. The molecule has 0 radical (unpaired) electrons. The first-order valence-corrected chi connectivity index (χ1v) is 16.4. The molecule has 0 bridgehead atoms. The van der Waals surface area contributed by atoms with Crippen molar-refractivity contribution in [3.05, 3.63) is 0 Å². The molecular formula is C33H65NO2.